The van der Waals surface area contributed by atoms with Gasteiger partial charge in [0.15, 0.2) is 5.82 Å². The van der Waals surface area contributed by atoms with Crippen LogP contribution >= 0.6 is 11.6 Å². The minimum Gasteiger partial charge on any atom is -0.394 e. The number of nitrogen functional groups attached to an aromatic ring is 1. The fourth-order valence-electron chi connectivity index (χ4n) is 1.39. The molecule has 1 aromatic heterocycles. The van der Waals surface area contributed by atoms with Crippen LogP contribution in [0.25, 0.3) is 0 Å². The summed E-state index contributed by atoms with van der Waals surface area (Å²) in [6, 6.07) is 0. The van der Waals surface area contributed by atoms with Crippen LogP contribution in [0.3, 0.4) is 0 Å². The number of rotatable bonds is 1. The van der Waals surface area contributed by atoms with Gasteiger partial charge < -0.3 is 15.4 Å². The zero-order chi connectivity index (χ0) is 9.97. The van der Waals surface area contributed by atoms with Gasteiger partial charge in [0.25, 0.3) is 0 Å². The van der Waals surface area contributed by atoms with Crippen LogP contribution in [0.4, 0.5) is 11.5 Å². The van der Waals surface area contributed by atoms with Crippen LogP contribution in [0.2, 0.25) is 5.28 Å². The van der Waals surface area contributed by atoms with E-state index in [1.165, 1.54) is 6.20 Å². The van der Waals surface area contributed by atoms with Gasteiger partial charge in [-0.15, -0.1) is 0 Å². The number of anilines is 2. The Morgan fingerprint density at radius 3 is 2.86 bits per heavy atom. The predicted molar refractivity (Wildman–Crippen MR) is 54.5 cm³/mol. The van der Waals surface area contributed by atoms with E-state index in [0.717, 1.165) is 13.1 Å². The highest BCUT2D eigenvalue weighted by atomic mass is 35.5. The number of hydrogen-bond donors (Lipinski definition) is 1. The summed E-state index contributed by atoms with van der Waals surface area (Å²) in [5.41, 5.74) is 6.31. The summed E-state index contributed by atoms with van der Waals surface area (Å²) in [7, 11) is 0. The van der Waals surface area contributed by atoms with E-state index >= 15 is 0 Å². The quantitative estimate of drug-likeness (QED) is 0.692. The molecule has 0 amide bonds. The molecule has 0 bridgehead atoms. The Hall–Kier alpha value is -1.07. The van der Waals surface area contributed by atoms with Gasteiger partial charge in [-0.05, 0) is 11.6 Å². The molecule has 1 aliphatic heterocycles. The number of nitrogens with zero attached hydrogens (tertiary/aromatic N) is 3. The standard InChI is InChI=1S/C8H11ClN4O/c9-8-11-5-6(10)7(12-8)13-1-3-14-4-2-13/h5H,1-4,10H2. The average molecular weight is 215 g/mol. The van der Waals surface area contributed by atoms with Crippen LogP contribution in [0.15, 0.2) is 6.20 Å². The lowest BCUT2D eigenvalue weighted by molar-refractivity contribution is 0.122. The molecule has 0 radical (unpaired) electrons. The van der Waals surface area contributed by atoms with Crippen LogP contribution in [-0.2, 0) is 4.74 Å². The minimum absolute atomic E-state index is 0.223. The topological polar surface area (TPSA) is 64.3 Å². The number of hydrogen-bond acceptors (Lipinski definition) is 5. The van der Waals surface area contributed by atoms with Crippen molar-refractivity contribution in [2.45, 2.75) is 0 Å². The van der Waals surface area contributed by atoms with Gasteiger partial charge in [0.05, 0.1) is 25.1 Å². The third kappa shape index (κ3) is 1.88. The number of aromatic nitrogens is 2. The Kier molecular flexibility index (Phi) is 2.69. The van der Waals surface area contributed by atoms with E-state index in [-0.39, 0.29) is 5.28 Å². The van der Waals surface area contributed by atoms with Crippen molar-refractivity contribution in [3.8, 4) is 0 Å². The van der Waals surface area contributed by atoms with E-state index in [4.69, 9.17) is 22.1 Å². The highest BCUT2D eigenvalue weighted by Gasteiger charge is 2.15. The minimum atomic E-state index is 0.223. The maximum absolute atomic E-state index is 5.75. The highest BCUT2D eigenvalue weighted by Crippen LogP contribution is 2.21. The molecule has 2 rings (SSSR count). The molecular formula is C8H11ClN4O. The molecule has 0 spiro atoms. The van der Waals surface area contributed by atoms with Gasteiger partial charge in [0, 0.05) is 13.1 Å². The third-order valence-corrected chi connectivity index (χ3v) is 2.26. The second-order valence-corrected chi connectivity index (χ2v) is 3.36. The van der Waals surface area contributed by atoms with Crippen LogP contribution in [0, 0.1) is 0 Å². The van der Waals surface area contributed by atoms with Crippen molar-refractivity contribution in [3.63, 3.8) is 0 Å². The van der Waals surface area contributed by atoms with Crippen LogP contribution < -0.4 is 10.6 Å². The zero-order valence-electron chi connectivity index (χ0n) is 7.61. The van der Waals surface area contributed by atoms with Crippen molar-refractivity contribution in [2.24, 2.45) is 0 Å². The van der Waals surface area contributed by atoms with Gasteiger partial charge in [-0.1, -0.05) is 0 Å². The third-order valence-electron chi connectivity index (χ3n) is 2.08. The molecule has 2 heterocycles. The Bertz CT molecular complexity index is 327. The van der Waals surface area contributed by atoms with E-state index in [9.17, 15) is 0 Å². The second-order valence-electron chi connectivity index (χ2n) is 3.02. The fourth-order valence-corrected chi connectivity index (χ4v) is 1.52. The summed E-state index contributed by atoms with van der Waals surface area (Å²) in [6.45, 7) is 2.97. The predicted octanol–water partition coefficient (Wildman–Crippen LogP) is 0.549. The first-order chi connectivity index (χ1) is 6.77. The van der Waals surface area contributed by atoms with Crippen molar-refractivity contribution in [3.05, 3.63) is 11.5 Å². The van der Waals surface area contributed by atoms with E-state index in [1.54, 1.807) is 0 Å². The maximum atomic E-state index is 5.75. The van der Waals surface area contributed by atoms with E-state index in [1.807, 2.05) is 4.90 Å². The summed E-state index contributed by atoms with van der Waals surface area (Å²) in [4.78, 5) is 9.95. The molecule has 0 saturated carbocycles. The smallest absolute Gasteiger partial charge is 0.224 e. The Balaban J connectivity index is 2.24. The van der Waals surface area contributed by atoms with Gasteiger partial charge in [-0.2, -0.15) is 4.98 Å². The summed E-state index contributed by atoms with van der Waals surface area (Å²) < 4.78 is 5.23. The molecule has 2 N–H and O–H groups in total. The number of ether oxygens (including phenoxy) is 1. The molecule has 1 aromatic rings. The molecule has 1 saturated heterocycles. The lowest BCUT2D eigenvalue weighted by atomic mass is 10.4. The average Bonchev–Trinajstić information content (AvgIpc) is 2.23. The first-order valence-corrected chi connectivity index (χ1v) is 4.76. The van der Waals surface area contributed by atoms with Crippen LogP contribution in [-0.4, -0.2) is 36.3 Å². The summed E-state index contributed by atoms with van der Waals surface area (Å²) in [5, 5.41) is 0.223. The monoisotopic (exact) mass is 214 g/mol. The first-order valence-electron chi connectivity index (χ1n) is 4.38. The van der Waals surface area contributed by atoms with E-state index < -0.39 is 0 Å². The number of nitrogens with two attached hydrogens (primary N) is 1. The number of halogens is 1. The fraction of sp³-hybridized carbons (Fsp3) is 0.500. The molecule has 0 atom stereocenters. The molecule has 1 fully saturated rings. The number of morpholine rings is 1. The molecule has 76 valence electrons. The molecule has 14 heavy (non-hydrogen) atoms. The van der Waals surface area contributed by atoms with Crippen molar-refractivity contribution < 1.29 is 4.74 Å². The van der Waals surface area contributed by atoms with Crippen molar-refractivity contribution in [1.82, 2.24) is 9.97 Å². The van der Waals surface area contributed by atoms with Crippen LogP contribution in [0.5, 0.6) is 0 Å². The largest absolute Gasteiger partial charge is 0.394 e. The molecule has 1 aliphatic rings. The van der Waals surface area contributed by atoms with Gasteiger partial charge in [0.2, 0.25) is 5.28 Å². The summed E-state index contributed by atoms with van der Waals surface area (Å²) >= 11 is 5.70. The van der Waals surface area contributed by atoms with Crippen molar-refractivity contribution >= 4 is 23.1 Å². The SMILES string of the molecule is Nc1cnc(Cl)nc1N1CCOCC1. The highest BCUT2D eigenvalue weighted by molar-refractivity contribution is 6.28. The molecule has 6 heteroatoms. The molecule has 5 nitrogen and oxygen atoms in total. The normalized spacial score (nSPS) is 17.1. The lowest BCUT2D eigenvalue weighted by Crippen LogP contribution is -2.37. The van der Waals surface area contributed by atoms with Gasteiger partial charge in [-0.3, -0.25) is 0 Å². The molecule has 0 unspecified atom stereocenters. The zero-order valence-corrected chi connectivity index (χ0v) is 8.37. The van der Waals surface area contributed by atoms with E-state index in [0.29, 0.717) is 24.7 Å². The molecular weight excluding hydrogens is 204 g/mol. The van der Waals surface area contributed by atoms with Gasteiger partial charge in [0.1, 0.15) is 0 Å². The van der Waals surface area contributed by atoms with Gasteiger partial charge in [-0.25, -0.2) is 4.98 Å². The lowest BCUT2D eigenvalue weighted by Gasteiger charge is -2.28. The Morgan fingerprint density at radius 1 is 1.43 bits per heavy atom. The Morgan fingerprint density at radius 2 is 2.14 bits per heavy atom. The first kappa shape index (κ1) is 9.48. The molecule has 0 aliphatic carbocycles. The maximum Gasteiger partial charge on any atom is 0.224 e. The van der Waals surface area contributed by atoms with Crippen molar-refractivity contribution in [2.75, 3.05) is 36.9 Å². The van der Waals surface area contributed by atoms with Gasteiger partial charge >= 0.3 is 0 Å². The summed E-state index contributed by atoms with van der Waals surface area (Å²) in [5.74, 6) is 0.702. The summed E-state index contributed by atoms with van der Waals surface area (Å²) in [6.07, 6.45) is 1.53. The van der Waals surface area contributed by atoms with Crippen molar-refractivity contribution in [1.29, 1.82) is 0 Å². The Labute approximate surface area is 86.8 Å². The van der Waals surface area contributed by atoms with E-state index in [2.05, 4.69) is 9.97 Å². The molecule has 0 aromatic carbocycles. The second kappa shape index (κ2) is 3.98. The van der Waals surface area contributed by atoms with Crippen LogP contribution in [0.1, 0.15) is 0 Å².